The van der Waals surface area contributed by atoms with E-state index in [1.54, 1.807) is 0 Å². The van der Waals surface area contributed by atoms with Gasteiger partial charge in [0.1, 0.15) is 0 Å². The number of amides is 1. The molecule has 0 aliphatic heterocycles. The minimum atomic E-state index is 0.143. The predicted molar refractivity (Wildman–Crippen MR) is 77.0 cm³/mol. The van der Waals surface area contributed by atoms with Gasteiger partial charge in [0, 0.05) is 17.6 Å². The fourth-order valence-corrected chi connectivity index (χ4v) is 2.40. The zero-order valence-electron chi connectivity index (χ0n) is 12.4. The van der Waals surface area contributed by atoms with E-state index in [1.165, 1.54) is 0 Å². The van der Waals surface area contributed by atoms with Crippen molar-refractivity contribution >= 4 is 5.91 Å². The summed E-state index contributed by atoms with van der Waals surface area (Å²) in [6, 6.07) is 8.38. The maximum absolute atomic E-state index is 12.7. The molecule has 0 atom stereocenters. The van der Waals surface area contributed by atoms with Crippen LogP contribution in [0.15, 0.2) is 24.3 Å². The smallest absolute Gasteiger partial charge is 0.254 e. The summed E-state index contributed by atoms with van der Waals surface area (Å²) in [6.45, 7) is 12.5. The number of benzene rings is 1. The van der Waals surface area contributed by atoms with Crippen molar-refractivity contribution in [2.45, 2.75) is 59.5 Å². The minimum absolute atomic E-state index is 0.143. The molecule has 0 fully saturated rings. The highest BCUT2D eigenvalue weighted by atomic mass is 16.2. The van der Waals surface area contributed by atoms with Crippen LogP contribution >= 0.6 is 0 Å². The van der Waals surface area contributed by atoms with Gasteiger partial charge in [0.05, 0.1) is 0 Å². The lowest BCUT2D eigenvalue weighted by atomic mass is 9.96. The van der Waals surface area contributed by atoms with Gasteiger partial charge < -0.3 is 4.90 Å². The molecular weight excluding hydrogens is 222 g/mol. The van der Waals surface area contributed by atoms with Gasteiger partial charge >= 0.3 is 0 Å². The molecule has 1 aromatic carbocycles. The third-order valence-corrected chi connectivity index (χ3v) is 3.16. The van der Waals surface area contributed by atoms with Crippen molar-refractivity contribution in [1.29, 1.82) is 0 Å². The molecule has 0 saturated carbocycles. The Morgan fingerprint density at radius 3 is 1.89 bits per heavy atom. The Morgan fingerprint density at radius 2 is 1.44 bits per heavy atom. The quantitative estimate of drug-likeness (QED) is 0.785. The maximum atomic E-state index is 12.7. The Labute approximate surface area is 111 Å². The Hall–Kier alpha value is -1.31. The van der Waals surface area contributed by atoms with Crippen molar-refractivity contribution < 1.29 is 4.79 Å². The van der Waals surface area contributed by atoms with Gasteiger partial charge in [0.2, 0.25) is 0 Å². The summed E-state index contributed by atoms with van der Waals surface area (Å²) in [5, 5.41) is 0. The van der Waals surface area contributed by atoms with Crippen molar-refractivity contribution in [3.63, 3.8) is 0 Å². The van der Waals surface area contributed by atoms with Crippen LogP contribution in [-0.4, -0.2) is 22.9 Å². The third-order valence-electron chi connectivity index (χ3n) is 3.16. The van der Waals surface area contributed by atoms with Crippen molar-refractivity contribution in [2.24, 2.45) is 0 Å². The molecule has 2 heteroatoms. The summed E-state index contributed by atoms with van der Waals surface area (Å²) in [6.07, 6.45) is 0. The number of nitrogens with zero attached hydrogens (tertiary/aromatic N) is 1. The second-order valence-electron chi connectivity index (χ2n) is 5.64. The molecule has 0 radical (unpaired) electrons. The van der Waals surface area contributed by atoms with E-state index in [4.69, 9.17) is 0 Å². The largest absolute Gasteiger partial charge is 0.334 e. The Morgan fingerprint density at radius 1 is 0.944 bits per heavy atom. The van der Waals surface area contributed by atoms with Crippen LogP contribution < -0.4 is 0 Å². The molecule has 100 valence electrons. The molecule has 0 heterocycles. The molecule has 18 heavy (non-hydrogen) atoms. The summed E-state index contributed by atoms with van der Waals surface area (Å²) in [7, 11) is 0. The van der Waals surface area contributed by atoms with Gasteiger partial charge in [-0.25, -0.2) is 0 Å². The maximum Gasteiger partial charge on any atom is 0.254 e. The van der Waals surface area contributed by atoms with E-state index >= 15 is 0 Å². The first-order valence-corrected chi connectivity index (χ1v) is 6.77. The normalized spacial score (nSPS) is 11.4. The van der Waals surface area contributed by atoms with E-state index in [-0.39, 0.29) is 18.0 Å². The molecular formula is C16H25NO. The average molecular weight is 247 g/mol. The van der Waals surface area contributed by atoms with Crippen LogP contribution in [0.4, 0.5) is 0 Å². The van der Waals surface area contributed by atoms with E-state index in [0.717, 1.165) is 11.1 Å². The highest BCUT2D eigenvalue weighted by Gasteiger charge is 2.23. The van der Waals surface area contributed by atoms with Gasteiger partial charge in [-0.15, -0.1) is 0 Å². The first-order valence-electron chi connectivity index (χ1n) is 6.77. The SMILES string of the molecule is CC(C)c1ccccc1C(=O)N(C(C)C)C(C)C. The van der Waals surface area contributed by atoms with Crippen molar-refractivity contribution in [1.82, 2.24) is 4.90 Å². The predicted octanol–water partition coefficient (Wildman–Crippen LogP) is 4.07. The van der Waals surface area contributed by atoms with Crippen LogP contribution in [0.1, 0.15) is 63.4 Å². The van der Waals surface area contributed by atoms with Crippen LogP contribution in [0, 0.1) is 0 Å². The number of carbonyl (C=O) groups excluding carboxylic acids is 1. The number of hydrogen-bond donors (Lipinski definition) is 0. The molecule has 0 aliphatic rings. The topological polar surface area (TPSA) is 20.3 Å². The Balaban J connectivity index is 3.17. The van der Waals surface area contributed by atoms with Gasteiger partial charge in [-0.2, -0.15) is 0 Å². The molecule has 0 spiro atoms. The zero-order chi connectivity index (χ0) is 13.9. The monoisotopic (exact) mass is 247 g/mol. The first kappa shape index (κ1) is 14.7. The lowest BCUT2D eigenvalue weighted by Crippen LogP contribution is -2.42. The van der Waals surface area contributed by atoms with Crippen LogP contribution in [-0.2, 0) is 0 Å². The second-order valence-corrected chi connectivity index (χ2v) is 5.64. The van der Waals surface area contributed by atoms with E-state index in [0.29, 0.717) is 5.92 Å². The van der Waals surface area contributed by atoms with Crippen LogP contribution in [0.25, 0.3) is 0 Å². The summed E-state index contributed by atoms with van der Waals surface area (Å²) < 4.78 is 0. The van der Waals surface area contributed by atoms with Crippen molar-refractivity contribution in [3.05, 3.63) is 35.4 Å². The molecule has 1 rings (SSSR count). The molecule has 0 aromatic heterocycles. The van der Waals surface area contributed by atoms with Crippen LogP contribution in [0.2, 0.25) is 0 Å². The fraction of sp³-hybridized carbons (Fsp3) is 0.562. The van der Waals surface area contributed by atoms with Gasteiger partial charge in [-0.3, -0.25) is 4.79 Å². The number of carbonyl (C=O) groups is 1. The summed E-state index contributed by atoms with van der Waals surface area (Å²) >= 11 is 0. The van der Waals surface area contributed by atoms with Gasteiger partial charge in [-0.1, -0.05) is 32.0 Å². The van der Waals surface area contributed by atoms with Crippen LogP contribution in [0.5, 0.6) is 0 Å². The molecule has 0 saturated heterocycles. The molecule has 2 nitrogen and oxygen atoms in total. The average Bonchev–Trinajstić information content (AvgIpc) is 2.27. The van der Waals surface area contributed by atoms with Crippen LogP contribution in [0.3, 0.4) is 0 Å². The Kier molecular flexibility index (Phi) is 4.94. The van der Waals surface area contributed by atoms with Gasteiger partial charge in [-0.05, 0) is 45.2 Å². The molecule has 1 amide bonds. The second kappa shape index (κ2) is 6.03. The van der Waals surface area contributed by atoms with Gasteiger partial charge in [0.15, 0.2) is 0 Å². The summed E-state index contributed by atoms with van der Waals surface area (Å²) in [5.41, 5.74) is 1.98. The summed E-state index contributed by atoms with van der Waals surface area (Å²) in [4.78, 5) is 14.6. The minimum Gasteiger partial charge on any atom is -0.334 e. The summed E-state index contributed by atoms with van der Waals surface area (Å²) in [5.74, 6) is 0.510. The molecule has 1 aromatic rings. The first-order chi connectivity index (χ1) is 8.36. The highest BCUT2D eigenvalue weighted by molar-refractivity contribution is 5.96. The molecule has 0 N–H and O–H groups in total. The van der Waals surface area contributed by atoms with E-state index in [9.17, 15) is 4.79 Å². The lowest BCUT2D eigenvalue weighted by Gasteiger charge is -2.31. The lowest BCUT2D eigenvalue weighted by molar-refractivity contribution is 0.0642. The van der Waals surface area contributed by atoms with E-state index < -0.39 is 0 Å². The van der Waals surface area contributed by atoms with E-state index in [2.05, 4.69) is 47.6 Å². The van der Waals surface area contributed by atoms with Crippen molar-refractivity contribution in [3.8, 4) is 0 Å². The standard InChI is InChI=1S/C16H25NO/c1-11(2)14-9-7-8-10-15(14)16(18)17(12(3)4)13(5)6/h7-13H,1-6H3. The fourth-order valence-electron chi connectivity index (χ4n) is 2.40. The van der Waals surface area contributed by atoms with E-state index in [1.807, 2.05) is 23.1 Å². The molecule has 0 unspecified atom stereocenters. The third kappa shape index (κ3) is 3.12. The Bertz CT molecular complexity index is 399. The van der Waals surface area contributed by atoms with Gasteiger partial charge in [0.25, 0.3) is 5.91 Å². The zero-order valence-corrected chi connectivity index (χ0v) is 12.4. The molecule has 0 bridgehead atoms. The highest BCUT2D eigenvalue weighted by Crippen LogP contribution is 2.22. The number of hydrogen-bond acceptors (Lipinski definition) is 1. The number of rotatable bonds is 4. The van der Waals surface area contributed by atoms with Crippen molar-refractivity contribution in [2.75, 3.05) is 0 Å². The molecule has 0 aliphatic carbocycles.